The van der Waals surface area contributed by atoms with Crippen LogP contribution in [-0.2, 0) is 14.3 Å². The number of benzene rings is 1. The van der Waals surface area contributed by atoms with Crippen molar-refractivity contribution in [2.75, 3.05) is 6.61 Å². The lowest BCUT2D eigenvalue weighted by Gasteiger charge is -2.30. The Balaban J connectivity index is 2.99. The largest absolute Gasteiger partial charge is 0.393 e. The van der Waals surface area contributed by atoms with Crippen LogP contribution in [0.15, 0.2) is 29.2 Å². The molecule has 0 bridgehead atoms. The normalized spacial score (nSPS) is 15.0. The van der Waals surface area contributed by atoms with Crippen molar-refractivity contribution < 1.29 is 17.7 Å². The Labute approximate surface area is 121 Å². The zero-order chi connectivity index (χ0) is 15.2. The molecule has 0 radical (unpaired) electrons. The SMILES string of the molecule is CCCC[C@@](CC)(CO)OS(=O)(=O)c1ccc(C)cc1. The zero-order valence-corrected chi connectivity index (χ0v) is 13.2. The summed E-state index contributed by atoms with van der Waals surface area (Å²) in [6.07, 6.45) is 2.73. The zero-order valence-electron chi connectivity index (χ0n) is 12.4. The van der Waals surface area contributed by atoms with Crippen LogP contribution in [0.3, 0.4) is 0 Å². The highest BCUT2D eigenvalue weighted by atomic mass is 32.2. The van der Waals surface area contributed by atoms with Crippen molar-refractivity contribution in [2.45, 2.75) is 57.0 Å². The predicted molar refractivity (Wildman–Crippen MR) is 79.1 cm³/mol. The van der Waals surface area contributed by atoms with Crippen molar-refractivity contribution >= 4 is 10.1 Å². The highest BCUT2D eigenvalue weighted by molar-refractivity contribution is 7.86. The average Bonchev–Trinajstić information content (AvgIpc) is 2.44. The molecule has 1 N–H and O–H groups in total. The first-order valence-electron chi connectivity index (χ1n) is 7.02. The van der Waals surface area contributed by atoms with E-state index in [1.165, 1.54) is 12.1 Å². The van der Waals surface area contributed by atoms with E-state index < -0.39 is 15.7 Å². The van der Waals surface area contributed by atoms with Crippen LogP contribution in [0.4, 0.5) is 0 Å². The van der Waals surface area contributed by atoms with E-state index in [1.54, 1.807) is 12.1 Å². The fraction of sp³-hybridized carbons (Fsp3) is 0.600. The van der Waals surface area contributed by atoms with Gasteiger partial charge in [-0.15, -0.1) is 0 Å². The third-order valence-corrected chi connectivity index (χ3v) is 4.94. The van der Waals surface area contributed by atoms with Crippen molar-refractivity contribution in [1.82, 2.24) is 0 Å². The van der Waals surface area contributed by atoms with Gasteiger partial charge in [0.05, 0.1) is 11.5 Å². The summed E-state index contributed by atoms with van der Waals surface area (Å²) in [7, 11) is -3.85. The monoisotopic (exact) mass is 300 g/mol. The Morgan fingerprint density at radius 1 is 1.20 bits per heavy atom. The molecule has 20 heavy (non-hydrogen) atoms. The number of rotatable bonds is 8. The highest BCUT2D eigenvalue weighted by Crippen LogP contribution is 2.28. The predicted octanol–water partition coefficient (Wildman–Crippen LogP) is 3.03. The first-order valence-corrected chi connectivity index (χ1v) is 8.43. The van der Waals surface area contributed by atoms with Crippen LogP contribution >= 0.6 is 0 Å². The third kappa shape index (κ3) is 4.30. The second-order valence-electron chi connectivity index (χ2n) is 5.15. The summed E-state index contributed by atoms with van der Waals surface area (Å²) in [6.45, 7) is 5.44. The van der Waals surface area contributed by atoms with Crippen LogP contribution in [-0.4, -0.2) is 25.7 Å². The van der Waals surface area contributed by atoms with Crippen LogP contribution in [0.5, 0.6) is 0 Å². The second kappa shape index (κ2) is 7.20. The van der Waals surface area contributed by atoms with Gasteiger partial charge in [0.15, 0.2) is 0 Å². The van der Waals surface area contributed by atoms with Gasteiger partial charge in [0.1, 0.15) is 5.60 Å². The maximum Gasteiger partial charge on any atom is 0.297 e. The minimum absolute atomic E-state index is 0.130. The molecule has 0 heterocycles. The quantitative estimate of drug-likeness (QED) is 0.750. The summed E-state index contributed by atoms with van der Waals surface area (Å²) < 4.78 is 30.0. The molecule has 0 fully saturated rings. The first-order chi connectivity index (χ1) is 9.39. The van der Waals surface area contributed by atoms with Gasteiger partial charge in [0.25, 0.3) is 10.1 Å². The molecule has 0 aliphatic rings. The van der Waals surface area contributed by atoms with Crippen molar-refractivity contribution in [3.8, 4) is 0 Å². The Hall–Kier alpha value is -0.910. The van der Waals surface area contributed by atoms with Crippen molar-refractivity contribution in [3.63, 3.8) is 0 Å². The molecule has 0 unspecified atom stereocenters. The van der Waals surface area contributed by atoms with Crippen LogP contribution in [0.1, 0.15) is 45.1 Å². The minimum Gasteiger partial charge on any atom is -0.393 e. The maximum absolute atomic E-state index is 12.3. The van der Waals surface area contributed by atoms with E-state index in [1.807, 2.05) is 20.8 Å². The molecule has 114 valence electrons. The van der Waals surface area contributed by atoms with Gasteiger partial charge >= 0.3 is 0 Å². The van der Waals surface area contributed by atoms with E-state index in [-0.39, 0.29) is 11.5 Å². The van der Waals surface area contributed by atoms with Gasteiger partial charge in [-0.3, -0.25) is 4.18 Å². The second-order valence-corrected chi connectivity index (χ2v) is 6.70. The molecule has 0 aliphatic heterocycles. The maximum atomic E-state index is 12.3. The smallest absolute Gasteiger partial charge is 0.297 e. The molecule has 0 saturated heterocycles. The first kappa shape index (κ1) is 17.1. The van der Waals surface area contributed by atoms with E-state index in [9.17, 15) is 13.5 Å². The molecule has 1 aromatic carbocycles. The highest BCUT2D eigenvalue weighted by Gasteiger charge is 2.34. The summed E-state index contributed by atoms with van der Waals surface area (Å²) in [5.74, 6) is 0. The minimum atomic E-state index is -3.85. The van der Waals surface area contributed by atoms with Gasteiger partial charge in [-0.25, -0.2) is 0 Å². The van der Waals surface area contributed by atoms with E-state index >= 15 is 0 Å². The molecule has 0 aromatic heterocycles. The Bertz CT molecular complexity index is 501. The van der Waals surface area contributed by atoms with E-state index in [0.717, 1.165) is 18.4 Å². The summed E-state index contributed by atoms with van der Waals surface area (Å²) in [5.41, 5.74) is -0.0291. The number of aliphatic hydroxyl groups excluding tert-OH is 1. The standard InChI is InChI=1S/C15H24O4S/c1-4-6-11-15(5-2,12-16)19-20(17,18)14-9-7-13(3)8-10-14/h7-10,16H,4-6,11-12H2,1-3H3/t15-/m0/s1. The van der Waals surface area contributed by atoms with Crippen LogP contribution in [0.2, 0.25) is 0 Å². The molecular weight excluding hydrogens is 276 g/mol. The van der Waals surface area contributed by atoms with Crippen LogP contribution in [0, 0.1) is 6.92 Å². The molecule has 0 saturated carbocycles. The Morgan fingerprint density at radius 2 is 1.80 bits per heavy atom. The molecule has 1 aromatic rings. The number of hydrogen-bond acceptors (Lipinski definition) is 4. The molecule has 5 heteroatoms. The topological polar surface area (TPSA) is 63.6 Å². The lowest BCUT2D eigenvalue weighted by atomic mass is 9.95. The molecule has 0 amide bonds. The summed E-state index contributed by atoms with van der Waals surface area (Å²) in [6, 6.07) is 6.52. The fourth-order valence-electron chi connectivity index (χ4n) is 1.98. The fourth-order valence-corrected chi connectivity index (χ4v) is 3.26. The van der Waals surface area contributed by atoms with Gasteiger partial charge in [-0.05, 0) is 31.9 Å². The molecule has 1 rings (SSSR count). The summed E-state index contributed by atoms with van der Waals surface area (Å²) in [4.78, 5) is 0.130. The van der Waals surface area contributed by atoms with E-state index in [2.05, 4.69) is 0 Å². The Kier molecular flexibility index (Phi) is 6.17. The Morgan fingerprint density at radius 3 is 2.25 bits per heavy atom. The molecule has 4 nitrogen and oxygen atoms in total. The number of hydrogen-bond donors (Lipinski definition) is 1. The van der Waals surface area contributed by atoms with Gasteiger partial charge < -0.3 is 5.11 Å². The molecular formula is C15H24O4S. The molecule has 0 spiro atoms. The van der Waals surface area contributed by atoms with Crippen LogP contribution < -0.4 is 0 Å². The van der Waals surface area contributed by atoms with Crippen molar-refractivity contribution in [3.05, 3.63) is 29.8 Å². The van der Waals surface area contributed by atoms with Gasteiger partial charge in [-0.1, -0.05) is 44.4 Å². The van der Waals surface area contributed by atoms with Gasteiger partial charge in [0, 0.05) is 0 Å². The van der Waals surface area contributed by atoms with Gasteiger partial charge in [-0.2, -0.15) is 8.42 Å². The number of aliphatic hydroxyl groups is 1. The number of aryl methyl sites for hydroxylation is 1. The summed E-state index contributed by atoms with van der Waals surface area (Å²) in [5, 5.41) is 9.57. The van der Waals surface area contributed by atoms with E-state index in [0.29, 0.717) is 12.8 Å². The van der Waals surface area contributed by atoms with E-state index in [4.69, 9.17) is 4.18 Å². The third-order valence-electron chi connectivity index (χ3n) is 3.51. The van der Waals surface area contributed by atoms with Crippen molar-refractivity contribution in [1.29, 1.82) is 0 Å². The van der Waals surface area contributed by atoms with Gasteiger partial charge in [0.2, 0.25) is 0 Å². The average molecular weight is 300 g/mol. The lowest BCUT2D eigenvalue weighted by molar-refractivity contribution is 0.00268. The molecule has 1 atom stereocenters. The van der Waals surface area contributed by atoms with Crippen molar-refractivity contribution in [2.24, 2.45) is 0 Å². The summed E-state index contributed by atoms with van der Waals surface area (Å²) >= 11 is 0. The number of unbranched alkanes of at least 4 members (excludes halogenated alkanes) is 1. The lowest BCUT2D eigenvalue weighted by Crippen LogP contribution is -2.38. The molecule has 0 aliphatic carbocycles. The van der Waals surface area contributed by atoms with Crippen LogP contribution in [0.25, 0.3) is 0 Å².